The second-order valence-corrected chi connectivity index (χ2v) is 7.22. The van der Waals surface area contributed by atoms with Crippen LogP contribution in [0.1, 0.15) is 31.2 Å². The van der Waals surface area contributed by atoms with Crippen LogP contribution in [0.15, 0.2) is 30.5 Å². The molecule has 0 saturated heterocycles. The minimum absolute atomic E-state index is 0.0554. The number of nitrogen functional groups attached to an aromatic ring is 1. The molecular formula is C19H23F4N5O. The molecule has 4 N–H and O–H groups in total. The summed E-state index contributed by atoms with van der Waals surface area (Å²) < 4.78 is 55.9. The Kier molecular flexibility index (Phi) is 6.41. The maximum Gasteiger partial charge on any atom is 0.573 e. The average Bonchev–Trinajstić information content (AvgIpc) is 2.65. The van der Waals surface area contributed by atoms with Crippen molar-refractivity contribution in [2.45, 2.75) is 44.6 Å². The largest absolute Gasteiger partial charge is 0.573 e. The van der Waals surface area contributed by atoms with E-state index in [0.29, 0.717) is 12.1 Å². The third kappa shape index (κ3) is 5.93. The van der Waals surface area contributed by atoms with Gasteiger partial charge in [0, 0.05) is 24.7 Å². The van der Waals surface area contributed by atoms with Crippen molar-refractivity contribution in [1.29, 1.82) is 0 Å². The van der Waals surface area contributed by atoms with Crippen LogP contribution in [0, 0.1) is 11.7 Å². The summed E-state index contributed by atoms with van der Waals surface area (Å²) in [5.41, 5.74) is 11.8. The van der Waals surface area contributed by atoms with Gasteiger partial charge in [0.1, 0.15) is 5.75 Å². The lowest BCUT2D eigenvalue weighted by Gasteiger charge is -2.32. The summed E-state index contributed by atoms with van der Waals surface area (Å²) in [6.07, 6.45) is -0.335. The van der Waals surface area contributed by atoms with Crippen LogP contribution in [0.3, 0.4) is 0 Å². The molecule has 1 aliphatic rings. The quantitative estimate of drug-likeness (QED) is 0.703. The van der Waals surface area contributed by atoms with Crippen LogP contribution in [0.2, 0.25) is 0 Å². The number of halogens is 4. The van der Waals surface area contributed by atoms with Gasteiger partial charge in [0.25, 0.3) is 0 Å². The number of nitrogens with two attached hydrogens (primary N) is 2. The Hall–Kier alpha value is -2.62. The number of alkyl halides is 3. The third-order valence-corrected chi connectivity index (χ3v) is 4.97. The van der Waals surface area contributed by atoms with Gasteiger partial charge in [0.15, 0.2) is 11.6 Å². The molecule has 10 heteroatoms. The van der Waals surface area contributed by atoms with Gasteiger partial charge in [0.05, 0.1) is 6.20 Å². The average molecular weight is 413 g/mol. The van der Waals surface area contributed by atoms with Crippen molar-refractivity contribution in [1.82, 2.24) is 9.97 Å². The molecule has 3 rings (SSSR count). The molecule has 1 aromatic heterocycles. The SMILES string of the molecule is Nc1nc(N(Cc2ccccc2OC(F)(F)F)C[C@H]2CC[C@H](N)CC2)ncc1F. The number of ether oxygens (including phenoxy) is 1. The topological polar surface area (TPSA) is 90.3 Å². The standard InChI is InChI=1S/C19H23F4N5O/c20-15-9-26-18(27-17(15)25)28(10-12-5-7-14(24)8-6-12)11-13-3-1-2-4-16(13)29-19(21,22)23/h1-4,9,12,14H,5-8,10-11,24H2,(H2,25,26,27)/t12-,14-. The maximum atomic E-state index is 13.5. The van der Waals surface area contributed by atoms with Crippen molar-refractivity contribution in [2.75, 3.05) is 17.2 Å². The molecule has 1 fully saturated rings. The lowest BCUT2D eigenvalue weighted by atomic mass is 9.86. The molecule has 29 heavy (non-hydrogen) atoms. The Morgan fingerprint density at radius 1 is 1.14 bits per heavy atom. The summed E-state index contributed by atoms with van der Waals surface area (Å²) in [5.74, 6) is -0.949. The van der Waals surface area contributed by atoms with Crippen LogP contribution in [-0.4, -0.2) is 28.9 Å². The fourth-order valence-corrected chi connectivity index (χ4v) is 3.49. The Bertz CT molecular complexity index is 824. The number of hydrogen-bond acceptors (Lipinski definition) is 6. The number of para-hydroxylation sites is 1. The van der Waals surface area contributed by atoms with Gasteiger partial charge in [-0.3, -0.25) is 0 Å². The Morgan fingerprint density at radius 3 is 2.48 bits per heavy atom. The molecule has 1 aromatic carbocycles. The van der Waals surface area contributed by atoms with E-state index in [0.717, 1.165) is 31.9 Å². The summed E-state index contributed by atoms with van der Waals surface area (Å²) in [6.45, 7) is 0.540. The predicted octanol–water partition coefficient (Wildman–Crippen LogP) is 3.62. The molecule has 0 unspecified atom stereocenters. The number of anilines is 2. The highest BCUT2D eigenvalue weighted by Gasteiger charge is 2.32. The predicted molar refractivity (Wildman–Crippen MR) is 101 cm³/mol. The monoisotopic (exact) mass is 413 g/mol. The second-order valence-electron chi connectivity index (χ2n) is 7.22. The number of aromatic nitrogens is 2. The zero-order chi connectivity index (χ0) is 21.0. The van der Waals surface area contributed by atoms with Crippen LogP contribution in [0.4, 0.5) is 29.3 Å². The molecule has 1 saturated carbocycles. The van der Waals surface area contributed by atoms with Crippen LogP contribution in [0.25, 0.3) is 0 Å². The molecule has 0 spiro atoms. The zero-order valence-electron chi connectivity index (χ0n) is 15.7. The first-order valence-electron chi connectivity index (χ1n) is 9.33. The van der Waals surface area contributed by atoms with E-state index in [-0.39, 0.29) is 36.0 Å². The molecule has 0 atom stereocenters. The lowest BCUT2D eigenvalue weighted by molar-refractivity contribution is -0.274. The van der Waals surface area contributed by atoms with Crippen molar-refractivity contribution < 1.29 is 22.3 Å². The van der Waals surface area contributed by atoms with Gasteiger partial charge in [0.2, 0.25) is 5.95 Å². The van der Waals surface area contributed by atoms with E-state index >= 15 is 0 Å². The number of benzene rings is 1. The maximum absolute atomic E-state index is 13.5. The lowest BCUT2D eigenvalue weighted by Crippen LogP contribution is -2.35. The first-order valence-corrected chi connectivity index (χ1v) is 9.33. The Labute approximate surface area is 165 Å². The van der Waals surface area contributed by atoms with Crippen LogP contribution in [0.5, 0.6) is 5.75 Å². The Balaban J connectivity index is 1.86. The fourth-order valence-electron chi connectivity index (χ4n) is 3.49. The summed E-state index contributed by atoms with van der Waals surface area (Å²) in [5, 5.41) is 0. The van der Waals surface area contributed by atoms with Crippen molar-refractivity contribution in [3.05, 3.63) is 41.8 Å². The molecule has 0 radical (unpaired) electrons. The molecule has 1 heterocycles. The van der Waals surface area contributed by atoms with E-state index < -0.39 is 12.2 Å². The smallest absolute Gasteiger partial charge is 0.405 e. The van der Waals surface area contributed by atoms with E-state index in [4.69, 9.17) is 11.5 Å². The minimum Gasteiger partial charge on any atom is -0.405 e. The van der Waals surface area contributed by atoms with Gasteiger partial charge < -0.3 is 21.1 Å². The van der Waals surface area contributed by atoms with Gasteiger partial charge in [-0.25, -0.2) is 9.37 Å². The summed E-state index contributed by atoms with van der Waals surface area (Å²) in [4.78, 5) is 9.68. The minimum atomic E-state index is -4.81. The molecule has 158 valence electrons. The van der Waals surface area contributed by atoms with E-state index in [1.54, 1.807) is 11.0 Å². The molecular weight excluding hydrogens is 390 g/mol. The molecule has 6 nitrogen and oxygen atoms in total. The van der Waals surface area contributed by atoms with E-state index in [1.807, 2.05) is 0 Å². The van der Waals surface area contributed by atoms with Gasteiger partial charge in [-0.1, -0.05) is 18.2 Å². The second kappa shape index (κ2) is 8.81. The fraction of sp³-hybridized carbons (Fsp3) is 0.474. The number of hydrogen-bond donors (Lipinski definition) is 2. The first-order chi connectivity index (χ1) is 13.7. The molecule has 0 aliphatic heterocycles. The first kappa shape index (κ1) is 21.1. The van der Waals surface area contributed by atoms with E-state index in [9.17, 15) is 17.6 Å². The molecule has 1 aliphatic carbocycles. The highest BCUT2D eigenvalue weighted by molar-refractivity contribution is 5.42. The van der Waals surface area contributed by atoms with Gasteiger partial charge >= 0.3 is 6.36 Å². The Morgan fingerprint density at radius 2 is 1.83 bits per heavy atom. The third-order valence-electron chi connectivity index (χ3n) is 4.97. The highest BCUT2D eigenvalue weighted by Crippen LogP contribution is 2.30. The van der Waals surface area contributed by atoms with Crippen LogP contribution < -0.4 is 21.1 Å². The van der Waals surface area contributed by atoms with Crippen LogP contribution >= 0.6 is 0 Å². The van der Waals surface area contributed by atoms with Crippen molar-refractivity contribution in [2.24, 2.45) is 11.7 Å². The van der Waals surface area contributed by atoms with E-state index in [1.165, 1.54) is 18.2 Å². The van der Waals surface area contributed by atoms with Gasteiger partial charge in [-0.05, 0) is 37.7 Å². The van der Waals surface area contributed by atoms with Crippen molar-refractivity contribution >= 4 is 11.8 Å². The molecule has 0 bridgehead atoms. The van der Waals surface area contributed by atoms with Crippen LogP contribution in [-0.2, 0) is 6.54 Å². The van der Waals surface area contributed by atoms with Crippen molar-refractivity contribution in [3.8, 4) is 5.75 Å². The summed E-state index contributed by atoms with van der Waals surface area (Å²) >= 11 is 0. The highest BCUT2D eigenvalue weighted by atomic mass is 19.4. The molecule has 0 amide bonds. The summed E-state index contributed by atoms with van der Waals surface area (Å²) in [6, 6.07) is 6.04. The van der Waals surface area contributed by atoms with Gasteiger partial charge in [-0.15, -0.1) is 13.2 Å². The summed E-state index contributed by atoms with van der Waals surface area (Å²) in [7, 11) is 0. The molecule has 2 aromatic rings. The number of rotatable bonds is 6. The van der Waals surface area contributed by atoms with E-state index in [2.05, 4.69) is 14.7 Å². The number of nitrogens with zero attached hydrogens (tertiary/aromatic N) is 3. The van der Waals surface area contributed by atoms with Gasteiger partial charge in [-0.2, -0.15) is 4.98 Å². The normalized spacial score (nSPS) is 19.8. The zero-order valence-corrected chi connectivity index (χ0v) is 15.7. The van der Waals surface area contributed by atoms with Crippen molar-refractivity contribution in [3.63, 3.8) is 0 Å².